The Bertz CT molecular complexity index is 499. The van der Waals surface area contributed by atoms with Crippen LogP contribution in [-0.2, 0) is 15.8 Å². The summed E-state index contributed by atoms with van der Waals surface area (Å²) >= 11 is 0. The number of hydrogen-bond donors (Lipinski definition) is 3. The molecule has 2 amide bonds. The molecule has 1 heterocycles. The third kappa shape index (κ3) is 5.03. The quantitative estimate of drug-likeness (QED) is 0.722. The summed E-state index contributed by atoms with van der Waals surface area (Å²) in [5.74, 6) is -2.26. The van der Waals surface area contributed by atoms with Gasteiger partial charge in [-0.3, -0.25) is 9.59 Å². The minimum atomic E-state index is -4.53. The fourth-order valence-corrected chi connectivity index (χ4v) is 1.34. The van der Waals surface area contributed by atoms with Crippen LogP contribution in [0.1, 0.15) is 18.9 Å². The van der Waals surface area contributed by atoms with E-state index in [4.69, 9.17) is 5.11 Å². The molecular weight excluding hydrogens is 291 g/mol. The molecule has 6 nitrogen and oxygen atoms in total. The van der Waals surface area contributed by atoms with Gasteiger partial charge in [-0.2, -0.15) is 13.2 Å². The molecule has 1 aromatic heterocycles. The van der Waals surface area contributed by atoms with E-state index in [9.17, 15) is 22.8 Å². The number of rotatable bonds is 4. The van der Waals surface area contributed by atoms with Gasteiger partial charge in [0.2, 0.25) is 0 Å². The van der Waals surface area contributed by atoms with Crippen molar-refractivity contribution in [2.24, 2.45) is 0 Å². The average molecular weight is 305 g/mol. The Balaban J connectivity index is 2.64. The van der Waals surface area contributed by atoms with Gasteiger partial charge in [0.25, 0.3) is 0 Å². The topological polar surface area (TPSA) is 91.3 Å². The van der Waals surface area contributed by atoms with E-state index in [-0.39, 0.29) is 12.4 Å². The largest absolute Gasteiger partial charge is 0.417 e. The second kappa shape index (κ2) is 7.02. The number of alkyl halides is 3. The van der Waals surface area contributed by atoms with Crippen LogP contribution in [0.15, 0.2) is 18.3 Å². The standard InChI is InChI=1S/C12H14F3N3O3/c1-2-8(6-19)17-10(20)11(21)18-9-4-3-7(5-16-9)12(13,14)15/h3-5,8,19H,2,6H2,1H3,(H,17,20)(H,16,18,21)/t8-/m0/s1. The fourth-order valence-electron chi connectivity index (χ4n) is 1.34. The van der Waals surface area contributed by atoms with E-state index in [2.05, 4.69) is 15.6 Å². The predicted molar refractivity (Wildman–Crippen MR) is 67.2 cm³/mol. The van der Waals surface area contributed by atoms with Crippen molar-refractivity contribution in [3.8, 4) is 0 Å². The molecule has 9 heteroatoms. The normalized spacial score (nSPS) is 12.6. The van der Waals surface area contributed by atoms with Crippen LogP contribution in [0.2, 0.25) is 0 Å². The number of aromatic nitrogens is 1. The monoisotopic (exact) mass is 305 g/mol. The molecular formula is C12H14F3N3O3. The predicted octanol–water partition coefficient (Wildman–Crippen LogP) is 0.926. The van der Waals surface area contributed by atoms with Crippen molar-refractivity contribution in [3.63, 3.8) is 0 Å². The van der Waals surface area contributed by atoms with Gasteiger partial charge in [-0.1, -0.05) is 6.92 Å². The summed E-state index contributed by atoms with van der Waals surface area (Å²) in [6, 6.07) is 1.12. The second-order valence-electron chi connectivity index (χ2n) is 4.15. The molecule has 0 saturated heterocycles. The zero-order valence-electron chi connectivity index (χ0n) is 11.1. The molecule has 0 radical (unpaired) electrons. The number of pyridine rings is 1. The maximum Gasteiger partial charge on any atom is 0.417 e. The minimum absolute atomic E-state index is 0.180. The molecule has 3 N–H and O–H groups in total. The Kier molecular flexibility index (Phi) is 5.65. The number of halogens is 3. The van der Waals surface area contributed by atoms with E-state index < -0.39 is 29.6 Å². The smallest absolute Gasteiger partial charge is 0.394 e. The number of nitrogens with zero attached hydrogens (tertiary/aromatic N) is 1. The SMILES string of the molecule is CC[C@@H](CO)NC(=O)C(=O)Nc1ccc(C(F)(F)F)cn1. The van der Waals surface area contributed by atoms with Crippen LogP contribution >= 0.6 is 0 Å². The van der Waals surface area contributed by atoms with Crippen LogP contribution < -0.4 is 10.6 Å². The summed E-state index contributed by atoms with van der Waals surface area (Å²) in [6.45, 7) is 1.38. The van der Waals surface area contributed by atoms with Crippen LogP contribution in [0.5, 0.6) is 0 Å². The van der Waals surface area contributed by atoms with Crippen molar-refractivity contribution in [3.05, 3.63) is 23.9 Å². The van der Waals surface area contributed by atoms with Gasteiger partial charge < -0.3 is 15.7 Å². The summed E-state index contributed by atoms with van der Waals surface area (Å²) in [7, 11) is 0. The molecule has 0 aromatic carbocycles. The molecule has 0 saturated carbocycles. The summed E-state index contributed by atoms with van der Waals surface area (Å²) in [4.78, 5) is 26.4. The maximum atomic E-state index is 12.3. The van der Waals surface area contributed by atoms with E-state index in [1.807, 2.05) is 0 Å². The number of carbonyl (C=O) groups excluding carboxylic acids is 2. The lowest BCUT2D eigenvalue weighted by atomic mass is 10.2. The van der Waals surface area contributed by atoms with Gasteiger partial charge in [-0.05, 0) is 18.6 Å². The second-order valence-corrected chi connectivity index (χ2v) is 4.15. The van der Waals surface area contributed by atoms with E-state index in [1.165, 1.54) is 0 Å². The van der Waals surface area contributed by atoms with Gasteiger partial charge >= 0.3 is 18.0 Å². The van der Waals surface area contributed by atoms with Crippen LogP contribution in [-0.4, -0.2) is 34.6 Å². The van der Waals surface area contributed by atoms with Crippen molar-refractivity contribution in [2.45, 2.75) is 25.6 Å². The third-order valence-electron chi connectivity index (χ3n) is 2.59. The molecule has 0 spiro atoms. The maximum absolute atomic E-state index is 12.3. The molecule has 21 heavy (non-hydrogen) atoms. The molecule has 0 aliphatic rings. The number of carbonyl (C=O) groups is 2. The lowest BCUT2D eigenvalue weighted by Gasteiger charge is -2.13. The number of amides is 2. The highest BCUT2D eigenvalue weighted by atomic mass is 19.4. The summed E-state index contributed by atoms with van der Waals surface area (Å²) in [5.41, 5.74) is -0.962. The molecule has 0 aliphatic carbocycles. The van der Waals surface area contributed by atoms with Gasteiger partial charge in [-0.25, -0.2) is 4.98 Å². The number of nitrogens with one attached hydrogen (secondary N) is 2. The molecule has 0 unspecified atom stereocenters. The molecule has 1 aromatic rings. The Morgan fingerprint density at radius 3 is 2.43 bits per heavy atom. The Morgan fingerprint density at radius 1 is 1.33 bits per heavy atom. The van der Waals surface area contributed by atoms with Gasteiger partial charge in [0, 0.05) is 6.20 Å². The van der Waals surface area contributed by atoms with Crippen molar-refractivity contribution in [2.75, 3.05) is 11.9 Å². The number of aliphatic hydroxyl groups is 1. The van der Waals surface area contributed by atoms with Gasteiger partial charge in [-0.15, -0.1) is 0 Å². The highest BCUT2D eigenvalue weighted by Gasteiger charge is 2.30. The lowest BCUT2D eigenvalue weighted by molar-refractivity contribution is -0.137. The van der Waals surface area contributed by atoms with E-state index in [0.717, 1.165) is 12.1 Å². The van der Waals surface area contributed by atoms with Crippen molar-refractivity contribution < 1.29 is 27.9 Å². The van der Waals surface area contributed by atoms with Gasteiger partial charge in [0.15, 0.2) is 0 Å². The van der Waals surface area contributed by atoms with Crippen LogP contribution in [0.4, 0.5) is 19.0 Å². The summed E-state index contributed by atoms with van der Waals surface area (Å²) in [5, 5.41) is 13.2. The summed E-state index contributed by atoms with van der Waals surface area (Å²) in [6.07, 6.45) is -3.55. The molecule has 1 rings (SSSR count). The zero-order valence-corrected chi connectivity index (χ0v) is 11.1. The molecule has 0 fully saturated rings. The van der Waals surface area contributed by atoms with E-state index in [1.54, 1.807) is 6.92 Å². The first-order valence-electron chi connectivity index (χ1n) is 6.03. The highest BCUT2D eigenvalue weighted by molar-refractivity contribution is 6.39. The first kappa shape index (κ1) is 16.9. The Labute approximate surface area is 118 Å². The van der Waals surface area contributed by atoms with Crippen LogP contribution in [0, 0.1) is 0 Å². The van der Waals surface area contributed by atoms with Crippen LogP contribution in [0.25, 0.3) is 0 Å². The highest BCUT2D eigenvalue weighted by Crippen LogP contribution is 2.28. The Morgan fingerprint density at radius 2 is 2.00 bits per heavy atom. The fraction of sp³-hybridized carbons (Fsp3) is 0.417. The number of anilines is 1. The van der Waals surface area contributed by atoms with Crippen molar-refractivity contribution in [1.82, 2.24) is 10.3 Å². The van der Waals surface area contributed by atoms with Gasteiger partial charge in [0.05, 0.1) is 18.2 Å². The van der Waals surface area contributed by atoms with E-state index >= 15 is 0 Å². The molecule has 116 valence electrons. The minimum Gasteiger partial charge on any atom is -0.394 e. The number of aliphatic hydroxyl groups excluding tert-OH is 1. The van der Waals surface area contributed by atoms with Crippen LogP contribution in [0.3, 0.4) is 0 Å². The zero-order chi connectivity index (χ0) is 16.0. The molecule has 1 atom stereocenters. The van der Waals surface area contributed by atoms with Crippen molar-refractivity contribution in [1.29, 1.82) is 0 Å². The first-order chi connectivity index (χ1) is 9.77. The summed E-state index contributed by atoms with van der Waals surface area (Å²) < 4.78 is 36.9. The molecule has 0 bridgehead atoms. The first-order valence-corrected chi connectivity index (χ1v) is 6.03. The van der Waals surface area contributed by atoms with Gasteiger partial charge in [0.1, 0.15) is 5.82 Å². The third-order valence-corrected chi connectivity index (χ3v) is 2.59. The van der Waals surface area contributed by atoms with Crippen molar-refractivity contribution >= 4 is 17.6 Å². The van der Waals surface area contributed by atoms with E-state index in [0.29, 0.717) is 12.6 Å². The molecule has 0 aliphatic heterocycles. The lowest BCUT2D eigenvalue weighted by Crippen LogP contribution is -2.43. The Hall–Kier alpha value is -2.16. The number of hydrogen-bond acceptors (Lipinski definition) is 4. The average Bonchev–Trinajstić information content (AvgIpc) is 2.44.